The molecule has 0 radical (unpaired) electrons. The number of nitrogens with zero attached hydrogens (tertiary/aromatic N) is 1. The number of carbonyl (C=O) groups excluding carboxylic acids is 1. The Balaban J connectivity index is -0.0000000486. The molecule has 0 amide bonds. The Kier molecular flexibility index (Phi) is 60.3. The summed E-state index contributed by atoms with van der Waals surface area (Å²) in [6, 6.07) is 5.64. The van der Waals surface area contributed by atoms with Crippen LogP contribution < -0.4 is 0 Å². The van der Waals surface area contributed by atoms with Gasteiger partial charge in [-0.25, -0.2) is 0 Å². The van der Waals surface area contributed by atoms with Crippen LogP contribution >= 0.6 is 0 Å². The molecular formula is C11H9FeNO4S. The van der Waals surface area contributed by atoms with E-state index in [2.05, 4.69) is 24.9 Å². The molecular weight excluding hydrogens is 302 g/mol. The Labute approximate surface area is 122 Å². The Hall–Kier alpha value is -1.22. The minimum atomic E-state index is 0. The SMILES string of the molecule is C[13C-]=O.Cc1cccc([S-])n1.[13C-]#[O+].[13C-]#[O+].[13C-]#[O+].[Fe+2]. The first-order valence-corrected chi connectivity index (χ1v) is 4.12. The molecule has 0 fully saturated rings. The number of pyridine rings is 1. The predicted molar refractivity (Wildman–Crippen MR) is 57.8 cm³/mol. The summed E-state index contributed by atoms with van der Waals surface area (Å²) in [5.41, 5.74) is 0.984. The van der Waals surface area contributed by atoms with Gasteiger partial charge in [0.2, 0.25) is 0 Å². The Morgan fingerprint density at radius 1 is 1.17 bits per heavy atom. The normalized spacial score (nSPS) is 5.11. The van der Waals surface area contributed by atoms with Gasteiger partial charge >= 0.3 is 51.0 Å². The van der Waals surface area contributed by atoms with Crippen LogP contribution in [0.3, 0.4) is 0 Å². The van der Waals surface area contributed by atoms with Gasteiger partial charge in [0, 0.05) is 5.69 Å². The number of hydrogen-bond donors (Lipinski definition) is 0. The second kappa shape index (κ2) is 36.0. The van der Waals surface area contributed by atoms with Gasteiger partial charge in [0.1, 0.15) is 0 Å². The Morgan fingerprint density at radius 3 is 1.67 bits per heavy atom. The molecule has 7 heteroatoms. The van der Waals surface area contributed by atoms with Crippen LogP contribution in [-0.4, -0.2) is 11.3 Å². The van der Waals surface area contributed by atoms with Gasteiger partial charge in [-0.1, -0.05) is 17.2 Å². The van der Waals surface area contributed by atoms with Crippen molar-refractivity contribution in [3.63, 3.8) is 0 Å². The molecule has 0 spiro atoms. The number of aryl methyl sites for hydroxylation is 1. The van der Waals surface area contributed by atoms with E-state index >= 15 is 0 Å². The van der Waals surface area contributed by atoms with Gasteiger partial charge in [-0.05, 0) is 13.0 Å². The molecule has 0 saturated carbocycles. The summed E-state index contributed by atoms with van der Waals surface area (Å²) in [6.45, 7) is 16.7. The molecule has 0 N–H and O–H groups in total. The van der Waals surface area contributed by atoms with Gasteiger partial charge in [-0.15, -0.1) is 0 Å². The van der Waals surface area contributed by atoms with Crippen LogP contribution in [0.1, 0.15) is 12.6 Å². The van der Waals surface area contributed by atoms with E-state index in [-0.39, 0.29) is 17.1 Å². The summed E-state index contributed by atoms with van der Waals surface area (Å²) >= 11 is 4.79. The molecule has 0 bridgehead atoms. The summed E-state index contributed by atoms with van der Waals surface area (Å²) in [7, 11) is 0. The minimum absolute atomic E-state index is 0. The summed E-state index contributed by atoms with van der Waals surface area (Å²) in [5, 5.41) is 0.671. The smallest absolute Gasteiger partial charge is 2.00 e. The fraction of sp³-hybridized carbons (Fsp3) is 0.182. The van der Waals surface area contributed by atoms with Crippen LogP contribution in [-0.2, 0) is 48.4 Å². The molecule has 0 aliphatic rings. The van der Waals surface area contributed by atoms with Crippen LogP contribution in [0.4, 0.5) is 0 Å². The molecule has 0 unspecified atom stereocenters. The molecule has 0 aromatic carbocycles. The van der Waals surface area contributed by atoms with Crippen molar-refractivity contribution in [2.24, 2.45) is 0 Å². The maximum absolute atomic E-state index is 8.68. The zero-order valence-corrected chi connectivity index (χ0v) is 11.5. The van der Waals surface area contributed by atoms with Gasteiger partial charge in [-0.3, -0.25) is 11.3 Å². The molecule has 96 valence electrons. The van der Waals surface area contributed by atoms with E-state index in [0.717, 1.165) is 5.69 Å². The van der Waals surface area contributed by atoms with Crippen molar-refractivity contribution < 1.29 is 35.8 Å². The summed E-state index contributed by atoms with van der Waals surface area (Å²) in [6.07, 6.45) is 1.50. The van der Waals surface area contributed by atoms with Crippen molar-refractivity contribution in [1.82, 2.24) is 4.98 Å². The van der Waals surface area contributed by atoms with Crippen molar-refractivity contribution in [3.05, 3.63) is 43.8 Å². The van der Waals surface area contributed by atoms with Crippen LogP contribution in [0.15, 0.2) is 23.2 Å². The van der Waals surface area contributed by atoms with Crippen molar-refractivity contribution in [3.8, 4) is 0 Å². The van der Waals surface area contributed by atoms with Crippen molar-refractivity contribution in [2.75, 3.05) is 0 Å². The van der Waals surface area contributed by atoms with Crippen LogP contribution in [0.5, 0.6) is 0 Å². The van der Waals surface area contributed by atoms with E-state index in [4.69, 9.17) is 31.4 Å². The largest absolute Gasteiger partial charge is 2.00 e. The molecule has 18 heavy (non-hydrogen) atoms. The first-order valence-electron chi connectivity index (χ1n) is 3.71. The summed E-state index contributed by atoms with van der Waals surface area (Å²) in [4.78, 5) is 12.7. The van der Waals surface area contributed by atoms with Crippen LogP contribution in [0.2, 0.25) is 0 Å². The van der Waals surface area contributed by atoms with E-state index in [1.54, 1.807) is 0 Å². The minimum Gasteiger partial charge on any atom is 2.00 e. The average molecular weight is 311 g/mol. The first kappa shape index (κ1) is 30.1. The molecule has 0 aliphatic carbocycles. The van der Waals surface area contributed by atoms with Gasteiger partial charge < -0.3 is 17.4 Å². The number of aromatic nitrogens is 1. The van der Waals surface area contributed by atoms with E-state index < -0.39 is 0 Å². The van der Waals surface area contributed by atoms with Crippen molar-refractivity contribution in [1.29, 1.82) is 0 Å². The van der Waals surface area contributed by atoms with E-state index in [1.165, 1.54) is 13.2 Å². The number of rotatable bonds is 0. The second-order valence-electron chi connectivity index (χ2n) is 1.82. The van der Waals surface area contributed by atoms with E-state index in [0.29, 0.717) is 5.03 Å². The molecule has 1 aromatic rings. The zero-order valence-electron chi connectivity index (χ0n) is 9.57. The fourth-order valence-corrected chi connectivity index (χ4v) is 0.741. The average Bonchev–Trinajstić information content (AvgIpc) is 2.37. The molecule has 0 saturated heterocycles. The maximum atomic E-state index is 8.68. The van der Waals surface area contributed by atoms with Gasteiger partial charge in [0.25, 0.3) is 0 Å². The molecule has 0 atom stereocenters. The summed E-state index contributed by atoms with van der Waals surface area (Å²) < 4.78 is 22.5. The Morgan fingerprint density at radius 2 is 1.50 bits per heavy atom. The van der Waals surface area contributed by atoms with E-state index in [1.807, 2.05) is 25.1 Å². The number of hydrogen-bond acceptors (Lipinski definition) is 3. The quantitative estimate of drug-likeness (QED) is 0.238. The maximum Gasteiger partial charge on any atom is 2.00 e. The first-order chi connectivity index (χ1) is 8.20. The molecule has 5 nitrogen and oxygen atoms in total. The standard InChI is InChI=1S/C6H7NS.C2H3O.3CO.Fe/c1-5-3-2-4-6(8)7-5;1-2-3;3*1-2;/h2-4H,1H3,(H,7,8);1H3;;;;/q;-1;;;;+2/p-1/i;2+1;3*1+1;. The molecule has 0 aliphatic heterocycles. The third-order valence-electron chi connectivity index (χ3n) is 0.863. The van der Waals surface area contributed by atoms with Crippen LogP contribution in [0.25, 0.3) is 0 Å². The topological polar surface area (TPSA) is 89.7 Å². The van der Waals surface area contributed by atoms with Crippen molar-refractivity contribution in [2.45, 2.75) is 18.9 Å². The molecule has 1 rings (SSSR count). The van der Waals surface area contributed by atoms with Gasteiger partial charge in [-0.2, -0.15) is 6.92 Å². The van der Waals surface area contributed by atoms with Gasteiger partial charge in [0.15, 0.2) is 0 Å². The zero-order chi connectivity index (χ0) is 14.7. The third-order valence-corrected chi connectivity index (χ3v) is 1.09. The second-order valence-corrected chi connectivity index (χ2v) is 2.24. The van der Waals surface area contributed by atoms with Gasteiger partial charge in [0.05, 0.1) is 0 Å². The third kappa shape index (κ3) is 36.4. The van der Waals surface area contributed by atoms with E-state index in [9.17, 15) is 0 Å². The monoisotopic (exact) mass is 311 g/mol. The predicted octanol–water partition coefficient (Wildman–Crippen LogP) is 1.30. The van der Waals surface area contributed by atoms with Crippen LogP contribution in [0, 0.1) is 26.9 Å². The molecule has 1 aromatic heterocycles. The fourth-order valence-electron chi connectivity index (χ4n) is 0.518. The Bertz CT molecular complexity index is 308. The van der Waals surface area contributed by atoms with Crippen molar-refractivity contribution >= 4 is 18.9 Å². The summed E-state index contributed by atoms with van der Waals surface area (Å²) in [5.74, 6) is 0. The molecule has 1 heterocycles.